The van der Waals surface area contributed by atoms with E-state index in [1.807, 2.05) is 0 Å². The van der Waals surface area contributed by atoms with Crippen molar-refractivity contribution in [2.45, 2.75) is 85.0 Å². The number of rotatable bonds is 8. The van der Waals surface area contributed by atoms with Crippen molar-refractivity contribution in [3.8, 4) is 0 Å². The normalized spacial score (nSPS) is 18.2. The largest absolute Gasteiger partial charge is 0.414 e. The molecule has 0 aromatic heterocycles. The summed E-state index contributed by atoms with van der Waals surface area (Å²) in [5, 5.41) is 9.94. The molecule has 0 bridgehead atoms. The maximum Gasteiger partial charge on any atom is 0.192 e. The minimum Gasteiger partial charge on any atom is -0.414 e. The predicted molar refractivity (Wildman–Crippen MR) is 87.0 cm³/mol. The lowest BCUT2D eigenvalue weighted by atomic mass is 9.89. The van der Waals surface area contributed by atoms with Crippen molar-refractivity contribution in [2.75, 3.05) is 6.61 Å². The topological polar surface area (TPSA) is 29.5 Å². The van der Waals surface area contributed by atoms with Crippen LogP contribution in [0.1, 0.15) is 60.8 Å². The summed E-state index contributed by atoms with van der Waals surface area (Å²) in [5.74, 6) is 0.947. The van der Waals surface area contributed by atoms with Crippen molar-refractivity contribution >= 4 is 8.32 Å². The Kier molecular flexibility index (Phi) is 7.85. The third-order valence-electron chi connectivity index (χ3n) is 4.82. The SMILES string of the molecule is CC[C@H](C)C[C@@H](CO)[C@@H](CC)O[Si](C)(C)C(C)(C)C. The zero-order valence-corrected chi connectivity index (χ0v) is 15.4. The summed E-state index contributed by atoms with van der Waals surface area (Å²) in [6.07, 6.45) is 3.45. The summed E-state index contributed by atoms with van der Waals surface area (Å²) in [7, 11) is -1.74. The Bertz CT molecular complexity index is 246. The van der Waals surface area contributed by atoms with Gasteiger partial charge in [-0.3, -0.25) is 0 Å². The highest BCUT2D eigenvalue weighted by Gasteiger charge is 2.40. The summed E-state index contributed by atoms with van der Waals surface area (Å²) >= 11 is 0. The van der Waals surface area contributed by atoms with Crippen LogP contribution in [0.5, 0.6) is 0 Å². The van der Waals surface area contributed by atoms with Gasteiger partial charge in [0.1, 0.15) is 0 Å². The molecule has 0 rings (SSSR count). The molecule has 3 heteroatoms. The van der Waals surface area contributed by atoms with Crippen molar-refractivity contribution in [3.05, 3.63) is 0 Å². The molecule has 0 saturated heterocycles. The van der Waals surface area contributed by atoms with E-state index in [0.29, 0.717) is 5.92 Å². The lowest BCUT2D eigenvalue weighted by Gasteiger charge is -2.41. The molecule has 0 radical (unpaired) electrons. The Labute approximate surface area is 122 Å². The Morgan fingerprint density at radius 1 is 1.11 bits per heavy atom. The molecule has 3 atom stereocenters. The van der Waals surface area contributed by atoms with Crippen molar-refractivity contribution in [2.24, 2.45) is 11.8 Å². The Morgan fingerprint density at radius 3 is 1.95 bits per heavy atom. The smallest absolute Gasteiger partial charge is 0.192 e. The molecule has 0 aliphatic carbocycles. The van der Waals surface area contributed by atoms with Gasteiger partial charge in [-0.15, -0.1) is 0 Å². The summed E-state index contributed by atoms with van der Waals surface area (Å²) in [6.45, 7) is 18.3. The number of aliphatic hydroxyl groups is 1. The minimum absolute atomic E-state index is 0.208. The van der Waals surface area contributed by atoms with Gasteiger partial charge in [0.15, 0.2) is 8.32 Å². The van der Waals surface area contributed by atoms with Crippen molar-refractivity contribution < 1.29 is 9.53 Å². The molecule has 0 aliphatic rings. The molecule has 0 saturated carbocycles. The van der Waals surface area contributed by atoms with Crippen LogP contribution in [-0.2, 0) is 4.43 Å². The van der Waals surface area contributed by atoms with E-state index in [4.69, 9.17) is 4.43 Å². The first kappa shape index (κ1) is 19.1. The Hall–Kier alpha value is 0.137. The summed E-state index contributed by atoms with van der Waals surface area (Å²) in [6, 6.07) is 0. The number of hydrogen-bond acceptors (Lipinski definition) is 2. The summed E-state index contributed by atoms with van der Waals surface area (Å²) in [5.41, 5.74) is 0. The lowest BCUT2D eigenvalue weighted by molar-refractivity contribution is 0.0589. The minimum atomic E-state index is -1.74. The van der Waals surface area contributed by atoms with Gasteiger partial charge in [0.05, 0.1) is 0 Å². The van der Waals surface area contributed by atoms with Crippen molar-refractivity contribution in [3.63, 3.8) is 0 Å². The Balaban J connectivity index is 4.80. The number of hydrogen-bond donors (Lipinski definition) is 1. The fraction of sp³-hybridized carbons (Fsp3) is 1.00. The van der Waals surface area contributed by atoms with E-state index in [-0.39, 0.29) is 23.7 Å². The zero-order chi connectivity index (χ0) is 15.3. The molecular weight excluding hydrogens is 252 g/mol. The zero-order valence-electron chi connectivity index (χ0n) is 14.4. The van der Waals surface area contributed by atoms with E-state index in [0.717, 1.165) is 12.8 Å². The lowest BCUT2D eigenvalue weighted by Crippen LogP contribution is -2.46. The fourth-order valence-electron chi connectivity index (χ4n) is 2.10. The van der Waals surface area contributed by atoms with Crippen molar-refractivity contribution in [1.82, 2.24) is 0 Å². The molecule has 0 fully saturated rings. The molecule has 0 aromatic rings. The van der Waals surface area contributed by atoms with Gasteiger partial charge in [-0.2, -0.15) is 0 Å². The first-order chi connectivity index (χ1) is 8.59. The van der Waals surface area contributed by atoms with Gasteiger partial charge in [0.2, 0.25) is 0 Å². The molecule has 19 heavy (non-hydrogen) atoms. The summed E-state index contributed by atoms with van der Waals surface area (Å²) < 4.78 is 6.53. The summed E-state index contributed by atoms with van der Waals surface area (Å²) in [4.78, 5) is 0. The van der Waals surface area contributed by atoms with E-state index < -0.39 is 8.32 Å². The van der Waals surface area contributed by atoms with Crippen LogP contribution in [-0.4, -0.2) is 26.1 Å². The second-order valence-electron chi connectivity index (χ2n) is 7.52. The van der Waals surface area contributed by atoms with E-state index in [2.05, 4.69) is 54.6 Å². The predicted octanol–water partition coefficient (Wildman–Crippen LogP) is 4.83. The van der Waals surface area contributed by atoms with E-state index in [1.165, 1.54) is 6.42 Å². The maximum absolute atomic E-state index is 9.71. The average molecular weight is 289 g/mol. The van der Waals surface area contributed by atoms with E-state index in [9.17, 15) is 5.11 Å². The molecule has 0 heterocycles. The molecule has 116 valence electrons. The Morgan fingerprint density at radius 2 is 1.63 bits per heavy atom. The monoisotopic (exact) mass is 288 g/mol. The van der Waals surface area contributed by atoms with E-state index in [1.54, 1.807) is 0 Å². The van der Waals surface area contributed by atoms with Crippen LogP contribution < -0.4 is 0 Å². The first-order valence-corrected chi connectivity index (χ1v) is 10.8. The number of aliphatic hydroxyl groups excluding tert-OH is 1. The third-order valence-corrected chi connectivity index (χ3v) is 9.32. The standard InChI is InChI=1S/C16H36O2Si/c1-9-13(3)11-14(12-17)15(10-2)18-19(7,8)16(4,5)6/h13-15,17H,9-12H2,1-8H3/t13-,14-,15+/m0/s1. The van der Waals surface area contributed by atoms with Crippen LogP contribution in [0.15, 0.2) is 0 Å². The molecule has 0 aliphatic heterocycles. The maximum atomic E-state index is 9.71. The highest BCUT2D eigenvalue weighted by molar-refractivity contribution is 6.74. The van der Waals surface area contributed by atoms with Gasteiger partial charge in [-0.1, -0.05) is 48.0 Å². The van der Waals surface area contributed by atoms with Gasteiger partial charge in [0.25, 0.3) is 0 Å². The molecule has 1 N–H and O–H groups in total. The highest BCUT2D eigenvalue weighted by atomic mass is 28.4. The second-order valence-corrected chi connectivity index (χ2v) is 12.3. The molecule has 0 aromatic carbocycles. The average Bonchev–Trinajstić information content (AvgIpc) is 2.31. The van der Waals surface area contributed by atoms with Gasteiger partial charge >= 0.3 is 0 Å². The highest BCUT2D eigenvalue weighted by Crippen LogP contribution is 2.39. The van der Waals surface area contributed by atoms with Crippen molar-refractivity contribution in [1.29, 1.82) is 0 Å². The first-order valence-electron chi connectivity index (χ1n) is 7.87. The molecular formula is C16H36O2Si. The molecule has 0 amide bonds. The van der Waals surface area contributed by atoms with Crippen LogP contribution in [0, 0.1) is 11.8 Å². The van der Waals surface area contributed by atoms with Gasteiger partial charge in [-0.25, -0.2) is 0 Å². The van der Waals surface area contributed by atoms with Gasteiger partial charge in [0, 0.05) is 18.6 Å². The van der Waals surface area contributed by atoms with Gasteiger partial charge in [-0.05, 0) is 36.9 Å². The van der Waals surface area contributed by atoms with Crippen LogP contribution in [0.25, 0.3) is 0 Å². The van der Waals surface area contributed by atoms with Crippen LogP contribution in [0.2, 0.25) is 18.1 Å². The molecule has 0 spiro atoms. The fourth-order valence-corrected chi connectivity index (χ4v) is 3.57. The van der Waals surface area contributed by atoms with Gasteiger partial charge < -0.3 is 9.53 Å². The van der Waals surface area contributed by atoms with Crippen LogP contribution in [0.4, 0.5) is 0 Å². The van der Waals surface area contributed by atoms with E-state index >= 15 is 0 Å². The quantitative estimate of drug-likeness (QED) is 0.648. The third kappa shape index (κ3) is 5.97. The van der Waals surface area contributed by atoms with Crippen LogP contribution >= 0.6 is 0 Å². The van der Waals surface area contributed by atoms with Crippen LogP contribution in [0.3, 0.4) is 0 Å². The molecule has 2 nitrogen and oxygen atoms in total. The molecule has 0 unspecified atom stereocenters. The second kappa shape index (κ2) is 7.80.